The molecular weight excluding hydrogens is 258 g/mol. The second-order valence-corrected chi connectivity index (χ2v) is 6.50. The molecule has 1 aliphatic rings. The molecule has 1 aromatic heterocycles. The highest BCUT2D eigenvalue weighted by molar-refractivity contribution is 7.10. The van der Waals surface area contributed by atoms with Crippen LogP contribution >= 0.6 is 11.3 Å². The lowest BCUT2D eigenvalue weighted by molar-refractivity contribution is -0.137. The van der Waals surface area contributed by atoms with Crippen LogP contribution in [0.3, 0.4) is 0 Å². The van der Waals surface area contributed by atoms with Gasteiger partial charge in [-0.2, -0.15) is 0 Å². The van der Waals surface area contributed by atoms with Crippen molar-refractivity contribution in [2.75, 3.05) is 0 Å². The lowest BCUT2D eigenvalue weighted by Crippen LogP contribution is -2.37. The predicted octanol–water partition coefficient (Wildman–Crippen LogP) is 3.82. The molecular formula is C15H23NO2S. The van der Waals surface area contributed by atoms with Crippen LogP contribution in [0.4, 0.5) is 0 Å². The monoisotopic (exact) mass is 281 g/mol. The van der Waals surface area contributed by atoms with Crippen molar-refractivity contribution in [3.8, 4) is 0 Å². The minimum absolute atomic E-state index is 0.0468. The molecule has 0 aromatic carbocycles. The maximum atomic E-state index is 11.0. The van der Waals surface area contributed by atoms with Gasteiger partial charge in [-0.25, -0.2) is 0 Å². The van der Waals surface area contributed by atoms with Gasteiger partial charge in [-0.1, -0.05) is 25.3 Å². The topological polar surface area (TPSA) is 49.3 Å². The summed E-state index contributed by atoms with van der Waals surface area (Å²) in [5.74, 6) is -0.0354. The van der Waals surface area contributed by atoms with Crippen molar-refractivity contribution in [2.24, 2.45) is 5.92 Å². The summed E-state index contributed by atoms with van der Waals surface area (Å²) in [7, 11) is 0. The van der Waals surface area contributed by atoms with Crippen LogP contribution in [0.1, 0.15) is 56.4 Å². The summed E-state index contributed by atoms with van der Waals surface area (Å²) in [4.78, 5) is 12.2. The van der Waals surface area contributed by atoms with Gasteiger partial charge in [0.25, 0.3) is 0 Å². The summed E-state index contributed by atoms with van der Waals surface area (Å²) in [5.41, 5.74) is 0. The van der Waals surface area contributed by atoms with Gasteiger partial charge in [-0.05, 0) is 37.1 Å². The van der Waals surface area contributed by atoms with Gasteiger partial charge in [0.1, 0.15) is 0 Å². The molecule has 0 bridgehead atoms. The Balaban J connectivity index is 1.96. The molecule has 3 nitrogen and oxygen atoms in total. The van der Waals surface area contributed by atoms with E-state index in [1.807, 2.05) is 17.5 Å². The quantitative estimate of drug-likeness (QED) is 0.833. The van der Waals surface area contributed by atoms with Crippen molar-refractivity contribution in [1.82, 2.24) is 5.32 Å². The zero-order valence-electron chi connectivity index (χ0n) is 11.5. The van der Waals surface area contributed by atoms with Crippen LogP contribution in [-0.2, 0) is 4.79 Å². The number of aliphatic carboxylic acids is 1. The molecule has 2 rings (SSSR count). The number of rotatable bonds is 6. The summed E-state index contributed by atoms with van der Waals surface area (Å²) in [6.07, 6.45) is 6.71. The molecule has 4 heteroatoms. The molecule has 1 heterocycles. The first kappa shape index (κ1) is 14.5. The largest absolute Gasteiger partial charge is 0.481 e. The fourth-order valence-corrected chi connectivity index (χ4v) is 3.78. The van der Waals surface area contributed by atoms with Gasteiger partial charge in [-0.15, -0.1) is 11.3 Å². The van der Waals surface area contributed by atoms with Crippen molar-refractivity contribution in [1.29, 1.82) is 0 Å². The molecule has 2 N–H and O–H groups in total. The molecule has 0 spiro atoms. The minimum Gasteiger partial charge on any atom is -0.481 e. The number of carboxylic acids is 1. The van der Waals surface area contributed by atoms with Gasteiger partial charge in [0.2, 0.25) is 0 Å². The molecule has 2 atom stereocenters. The molecule has 0 aliphatic heterocycles. The Morgan fingerprint density at radius 2 is 2.21 bits per heavy atom. The molecule has 0 radical (unpaired) electrons. The highest BCUT2D eigenvalue weighted by atomic mass is 32.1. The Hall–Kier alpha value is -0.870. The highest BCUT2D eigenvalue weighted by Gasteiger charge is 2.24. The normalized spacial score (nSPS) is 20.1. The number of hydrogen-bond acceptors (Lipinski definition) is 3. The van der Waals surface area contributed by atoms with E-state index in [0.717, 1.165) is 4.88 Å². The molecule has 0 saturated heterocycles. The summed E-state index contributed by atoms with van der Waals surface area (Å²) in [5, 5.41) is 14.6. The summed E-state index contributed by atoms with van der Waals surface area (Å²) in [6, 6.07) is 4.36. The number of nitrogens with one attached hydrogen (secondary N) is 1. The van der Waals surface area contributed by atoms with E-state index in [1.54, 1.807) is 11.3 Å². The maximum absolute atomic E-state index is 11.0. The average molecular weight is 281 g/mol. The Bertz CT molecular complexity index is 385. The molecule has 0 amide bonds. The van der Waals surface area contributed by atoms with Gasteiger partial charge in [0.05, 0.1) is 12.5 Å². The standard InChI is InChI=1S/C15H23NO2S/c1-11(12-6-3-2-4-7-12)16-13(10-15(17)18)14-8-5-9-19-14/h5,8-9,11-13,16H,2-4,6-7,10H2,1H3,(H,17,18). The van der Waals surface area contributed by atoms with E-state index in [1.165, 1.54) is 32.1 Å². The number of thiophene rings is 1. The highest BCUT2D eigenvalue weighted by Crippen LogP contribution is 2.29. The average Bonchev–Trinajstić information content (AvgIpc) is 2.92. The summed E-state index contributed by atoms with van der Waals surface area (Å²) < 4.78 is 0. The smallest absolute Gasteiger partial charge is 0.305 e. The first-order valence-electron chi connectivity index (χ1n) is 7.18. The van der Waals surface area contributed by atoms with Gasteiger partial charge in [-0.3, -0.25) is 4.79 Å². The van der Waals surface area contributed by atoms with Crippen LogP contribution in [-0.4, -0.2) is 17.1 Å². The Labute approximate surface area is 119 Å². The number of hydrogen-bond donors (Lipinski definition) is 2. The van der Waals surface area contributed by atoms with E-state index in [9.17, 15) is 4.79 Å². The lowest BCUT2D eigenvalue weighted by atomic mass is 9.84. The van der Waals surface area contributed by atoms with Crippen molar-refractivity contribution in [3.05, 3.63) is 22.4 Å². The number of carbonyl (C=O) groups is 1. The third kappa shape index (κ3) is 4.32. The molecule has 1 aliphatic carbocycles. The van der Waals surface area contributed by atoms with Crippen LogP contribution < -0.4 is 5.32 Å². The predicted molar refractivity (Wildman–Crippen MR) is 78.5 cm³/mol. The second kappa shape index (κ2) is 7.06. The Morgan fingerprint density at radius 3 is 2.79 bits per heavy atom. The lowest BCUT2D eigenvalue weighted by Gasteiger charge is -2.31. The molecule has 1 saturated carbocycles. The molecule has 1 aromatic rings. The zero-order valence-corrected chi connectivity index (χ0v) is 12.3. The first-order chi connectivity index (χ1) is 9.16. The van der Waals surface area contributed by atoms with Gasteiger partial charge >= 0.3 is 5.97 Å². The van der Waals surface area contributed by atoms with Crippen LogP contribution in [0.2, 0.25) is 0 Å². The SMILES string of the molecule is CC(NC(CC(=O)O)c1cccs1)C1CCCCC1. The third-order valence-corrected chi connectivity index (χ3v) is 5.07. The van der Waals surface area contributed by atoms with Crippen LogP contribution in [0.5, 0.6) is 0 Å². The summed E-state index contributed by atoms with van der Waals surface area (Å²) >= 11 is 1.64. The molecule has 1 fully saturated rings. The second-order valence-electron chi connectivity index (χ2n) is 5.52. The fourth-order valence-electron chi connectivity index (χ4n) is 2.99. The maximum Gasteiger partial charge on any atom is 0.305 e. The van der Waals surface area contributed by atoms with E-state index in [-0.39, 0.29) is 12.5 Å². The van der Waals surface area contributed by atoms with Gasteiger partial charge in [0.15, 0.2) is 0 Å². The van der Waals surface area contributed by atoms with Crippen molar-refractivity contribution in [2.45, 2.75) is 57.5 Å². The van der Waals surface area contributed by atoms with E-state index in [0.29, 0.717) is 12.0 Å². The summed E-state index contributed by atoms with van der Waals surface area (Å²) in [6.45, 7) is 2.21. The molecule has 106 valence electrons. The van der Waals surface area contributed by atoms with Crippen molar-refractivity contribution < 1.29 is 9.90 Å². The Morgan fingerprint density at radius 1 is 1.47 bits per heavy atom. The fraction of sp³-hybridized carbons (Fsp3) is 0.667. The molecule has 19 heavy (non-hydrogen) atoms. The van der Waals surface area contributed by atoms with E-state index in [4.69, 9.17) is 5.11 Å². The minimum atomic E-state index is -0.734. The van der Waals surface area contributed by atoms with Gasteiger partial charge in [0, 0.05) is 10.9 Å². The van der Waals surface area contributed by atoms with Gasteiger partial charge < -0.3 is 10.4 Å². The first-order valence-corrected chi connectivity index (χ1v) is 8.06. The number of carboxylic acid groups (broad SMARTS) is 1. The van der Waals surface area contributed by atoms with E-state index < -0.39 is 5.97 Å². The Kier molecular flexibility index (Phi) is 5.40. The van der Waals surface area contributed by atoms with E-state index >= 15 is 0 Å². The van der Waals surface area contributed by atoms with Crippen molar-refractivity contribution >= 4 is 17.3 Å². The zero-order chi connectivity index (χ0) is 13.7. The van der Waals surface area contributed by atoms with E-state index in [2.05, 4.69) is 12.2 Å². The van der Waals surface area contributed by atoms with Crippen LogP contribution in [0.25, 0.3) is 0 Å². The molecule has 2 unspecified atom stereocenters. The van der Waals surface area contributed by atoms with Crippen LogP contribution in [0, 0.1) is 5.92 Å². The van der Waals surface area contributed by atoms with Crippen LogP contribution in [0.15, 0.2) is 17.5 Å². The third-order valence-electron chi connectivity index (χ3n) is 4.09. The van der Waals surface area contributed by atoms with Crippen molar-refractivity contribution in [3.63, 3.8) is 0 Å².